The third-order valence-corrected chi connectivity index (χ3v) is 2.41. The number of hydrogen-bond donors (Lipinski definition) is 0. The maximum Gasteiger partial charge on any atom is 0.334 e. The number of carbonyl (C=O) groups excluding carboxylic acids is 2. The Hall–Kier alpha value is -1.32. The van der Waals surface area contributed by atoms with E-state index < -0.39 is 6.10 Å². The van der Waals surface area contributed by atoms with Gasteiger partial charge >= 0.3 is 11.9 Å². The smallest absolute Gasteiger partial charge is 0.334 e. The number of esters is 2. The van der Waals surface area contributed by atoms with Gasteiger partial charge in [-0.05, 0) is 18.9 Å². The number of hydrogen-bond acceptors (Lipinski definition) is 4. The van der Waals surface area contributed by atoms with Crippen LogP contribution in [0.4, 0.5) is 0 Å². The first-order valence-electron chi connectivity index (χ1n) is 5.68. The molecule has 0 aromatic rings. The van der Waals surface area contributed by atoms with Gasteiger partial charge in [-0.2, -0.15) is 0 Å². The minimum atomic E-state index is -0.395. The largest absolute Gasteiger partial charge is 0.462 e. The SMILES string of the molecule is CCCCCC1=CC(COC(C)=O)OC1=O. The summed E-state index contributed by atoms with van der Waals surface area (Å²) in [7, 11) is 0. The van der Waals surface area contributed by atoms with E-state index >= 15 is 0 Å². The van der Waals surface area contributed by atoms with Crippen molar-refractivity contribution in [3.63, 3.8) is 0 Å². The van der Waals surface area contributed by atoms with E-state index in [9.17, 15) is 9.59 Å². The molecule has 1 heterocycles. The molecule has 4 heteroatoms. The van der Waals surface area contributed by atoms with Crippen LogP contribution in [-0.4, -0.2) is 24.6 Å². The zero-order valence-corrected chi connectivity index (χ0v) is 9.82. The van der Waals surface area contributed by atoms with Crippen molar-refractivity contribution in [1.82, 2.24) is 0 Å². The summed E-state index contributed by atoms with van der Waals surface area (Å²) in [5.41, 5.74) is 0.714. The van der Waals surface area contributed by atoms with E-state index in [1.54, 1.807) is 6.08 Å². The first-order valence-corrected chi connectivity index (χ1v) is 5.68. The summed E-state index contributed by atoms with van der Waals surface area (Å²) in [4.78, 5) is 22.0. The van der Waals surface area contributed by atoms with Crippen LogP contribution >= 0.6 is 0 Å². The van der Waals surface area contributed by atoms with Crippen molar-refractivity contribution in [1.29, 1.82) is 0 Å². The molecule has 0 aromatic heterocycles. The van der Waals surface area contributed by atoms with E-state index in [4.69, 9.17) is 9.47 Å². The molecule has 0 amide bonds. The Morgan fingerprint density at radius 2 is 2.25 bits per heavy atom. The van der Waals surface area contributed by atoms with E-state index in [0.717, 1.165) is 25.7 Å². The van der Waals surface area contributed by atoms with Crippen LogP contribution in [0.25, 0.3) is 0 Å². The van der Waals surface area contributed by atoms with E-state index in [1.165, 1.54) is 6.92 Å². The van der Waals surface area contributed by atoms with Gasteiger partial charge in [-0.15, -0.1) is 0 Å². The average Bonchev–Trinajstić information content (AvgIpc) is 2.57. The van der Waals surface area contributed by atoms with Crippen molar-refractivity contribution < 1.29 is 19.1 Å². The van der Waals surface area contributed by atoms with Crippen LogP contribution in [0.3, 0.4) is 0 Å². The van der Waals surface area contributed by atoms with Gasteiger partial charge in [0.05, 0.1) is 0 Å². The Morgan fingerprint density at radius 1 is 1.50 bits per heavy atom. The van der Waals surface area contributed by atoms with Crippen LogP contribution in [0.5, 0.6) is 0 Å². The number of rotatable bonds is 6. The lowest BCUT2D eigenvalue weighted by molar-refractivity contribution is -0.150. The molecule has 90 valence electrons. The maximum absolute atomic E-state index is 11.4. The summed E-state index contributed by atoms with van der Waals surface area (Å²) < 4.78 is 9.83. The summed E-state index contributed by atoms with van der Waals surface area (Å²) in [6.45, 7) is 3.58. The van der Waals surface area contributed by atoms with Gasteiger partial charge in [-0.1, -0.05) is 19.8 Å². The van der Waals surface area contributed by atoms with Crippen LogP contribution in [0.15, 0.2) is 11.6 Å². The van der Waals surface area contributed by atoms with Gasteiger partial charge in [0.25, 0.3) is 0 Å². The summed E-state index contributed by atoms with van der Waals surface area (Å²) in [6, 6.07) is 0. The molecule has 0 fully saturated rings. The molecule has 16 heavy (non-hydrogen) atoms. The van der Waals surface area contributed by atoms with Crippen molar-refractivity contribution in [2.75, 3.05) is 6.61 Å². The third-order valence-electron chi connectivity index (χ3n) is 2.41. The van der Waals surface area contributed by atoms with Crippen LogP contribution in [-0.2, 0) is 19.1 Å². The molecule has 1 unspecified atom stereocenters. The van der Waals surface area contributed by atoms with Gasteiger partial charge in [-0.25, -0.2) is 4.79 Å². The average molecular weight is 226 g/mol. The highest BCUT2D eigenvalue weighted by atomic mass is 16.6. The molecule has 0 saturated heterocycles. The Kier molecular flexibility index (Phi) is 5.02. The highest BCUT2D eigenvalue weighted by molar-refractivity contribution is 5.90. The van der Waals surface area contributed by atoms with Gasteiger partial charge in [0.1, 0.15) is 6.61 Å². The summed E-state index contributed by atoms with van der Waals surface area (Å²) in [6.07, 6.45) is 5.35. The highest BCUT2D eigenvalue weighted by Gasteiger charge is 2.25. The van der Waals surface area contributed by atoms with Crippen LogP contribution in [0.1, 0.15) is 39.5 Å². The molecule has 0 bridgehead atoms. The van der Waals surface area contributed by atoms with Crippen molar-refractivity contribution in [3.8, 4) is 0 Å². The zero-order chi connectivity index (χ0) is 12.0. The van der Waals surface area contributed by atoms with Crippen molar-refractivity contribution in [2.24, 2.45) is 0 Å². The second-order valence-corrected chi connectivity index (χ2v) is 3.90. The van der Waals surface area contributed by atoms with Crippen LogP contribution < -0.4 is 0 Å². The topological polar surface area (TPSA) is 52.6 Å². The molecule has 0 N–H and O–H groups in total. The fourth-order valence-corrected chi connectivity index (χ4v) is 1.57. The Morgan fingerprint density at radius 3 is 2.88 bits per heavy atom. The lowest BCUT2D eigenvalue weighted by atomic mass is 10.1. The maximum atomic E-state index is 11.4. The van der Waals surface area contributed by atoms with Gasteiger partial charge in [0, 0.05) is 12.5 Å². The summed E-state index contributed by atoms with van der Waals surface area (Å²) in [5.74, 6) is -0.628. The Bertz CT molecular complexity index is 293. The molecule has 0 saturated carbocycles. The molecular weight excluding hydrogens is 208 g/mol. The van der Waals surface area contributed by atoms with E-state index in [-0.39, 0.29) is 18.5 Å². The molecule has 1 atom stereocenters. The molecule has 0 radical (unpaired) electrons. The molecule has 1 aliphatic rings. The second-order valence-electron chi connectivity index (χ2n) is 3.90. The molecule has 1 rings (SSSR count). The van der Waals surface area contributed by atoms with E-state index in [1.807, 2.05) is 0 Å². The zero-order valence-electron chi connectivity index (χ0n) is 9.82. The highest BCUT2D eigenvalue weighted by Crippen LogP contribution is 2.19. The van der Waals surface area contributed by atoms with Crippen molar-refractivity contribution in [2.45, 2.75) is 45.6 Å². The molecule has 0 aromatic carbocycles. The molecule has 0 aliphatic carbocycles. The van der Waals surface area contributed by atoms with Gasteiger partial charge in [-0.3, -0.25) is 4.79 Å². The molecular formula is C12H18O4. The van der Waals surface area contributed by atoms with Crippen molar-refractivity contribution >= 4 is 11.9 Å². The lowest BCUT2D eigenvalue weighted by Crippen LogP contribution is -2.17. The predicted molar refractivity (Wildman–Crippen MR) is 58.7 cm³/mol. The lowest BCUT2D eigenvalue weighted by Gasteiger charge is -2.06. The fourth-order valence-electron chi connectivity index (χ4n) is 1.57. The fraction of sp³-hybridized carbons (Fsp3) is 0.667. The number of cyclic esters (lactones) is 1. The van der Waals surface area contributed by atoms with Gasteiger partial charge in [0.2, 0.25) is 0 Å². The standard InChI is InChI=1S/C12H18O4/c1-3-4-5-6-10-7-11(16-12(10)14)8-15-9(2)13/h7,11H,3-6,8H2,1-2H3. The third kappa shape index (κ3) is 4.04. The van der Waals surface area contributed by atoms with Gasteiger partial charge < -0.3 is 9.47 Å². The molecule has 4 nitrogen and oxygen atoms in total. The molecule has 1 aliphatic heterocycles. The monoisotopic (exact) mass is 226 g/mol. The minimum Gasteiger partial charge on any atom is -0.462 e. The Labute approximate surface area is 95.6 Å². The summed E-state index contributed by atoms with van der Waals surface area (Å²) >= 11 is 0. The van der Waals surface area contributed by atoms with Crippen LogP contribution in [0, 0.1) is 0 Å². The quantitative estimate of drug-likeness (QED) is 0.513. The van der Waals surface area contributed by atoms with E-state index in [2.05, 4.69) is 6.92 Å². The van der Waals surface area contributed by atoms with Gasteiger partial charge in [0.15, 0.2) is 6.10 Å². The first-order chi connectivity index (χ1) is 7.63. The van der Waals surface area contributed by atoms with Crippen molar-refractivity contribution in [3.05, 3.63) is 11.6 Å². The number of unbranched alkanes of at least 4 members (excludes halogenated alkanes) is 2. The number of carbonyl (C=O) groups is 2. The minimum absolute atomic E-state index is 0.123. The normalized spacial score (nSPS) is 19.2. The number of ether oxygens (including phenoxy) is 2. The van der Waals surface area contributed by atoms with E-state index in [0.29, 0.717) is 5.57 Å². The second kappa shape index (κ2) is 6.30. The Balaban J connectivity index is 2.35. The summed E-state index contributed by atoms with van der Waals surface area (Å²) in [5, 5.41) is 0. The van der Waals surface area contributed by atoms with Crippen LogP contribution in [0.2, 0.25) is 0 Å². The molecule has 0 spiro atoms. The first kappa shape index (κ1) is 12.7. The predicted octanol–water partition coefficient (Wildman–Crippen LogP) is 1.98.